The number of carbonyl (C=O) groups excluding carboxylic acids is 1. The second kappa shape index (κ2) is 5.75. The van der Waals surface area contributed by atoms with E-state index in [0.29, 0.717) is 23.9 Å². The molecule has 2 aromatic carbocycles. The monoisotopic (exact) mass is 277 g/mol. The summed E-state index contributed by atoms with van der Waals surface area (Å²) in [4.78, 5) is 12.2. The van der Waals surface area contributed by atoms with Crippen molar-refractivity contribution in [3.05, 3.63) is 83.2 Å². The van der Waals surface area contributed by atoms with Crippen LogP contribution < -0.4 is 4.73 Å². The molecule has 0 bridgehead atoms. The summed E-state index contributed by atoms with van der Waals surface area (Å²) >= 11 is 0. The quantitative estimate of drug-likeness (QED) is 0.417. The molecule has 3 rings (SSSR count). The predicted molar refractivity (Wildman–Crippen MR) is 82.0 cm³/mol. The highest BCUT2D eigenvalue weighted by atomic mass is 16.5. The lowest BCUT2D eigenvalue weighted by Gasteiger charge is -2.06. The van der Waals surface area contributed by atoms with Crippen molar-refractivity contribution in [3.8, 4) is 0 Å². The van der Waals surface area contributed by atoms with Gasteiger partial charge >= 0.3 is 0 Å². The summed E-state index contributed by atoms with van der Waals surface area (Å²) in [5.41, 5.74) is 2.28. The zero-order valence-electron chi connectivity index (χ0n) is 11.5. The Morgan fingerprint density at radius 2 is 1.71 bits per heavy atom. The molecule has 0 aliphatic heterocycles. The predicted octanol–water partition coefficient (Wildman–Crippen LogP) is 3.29. The van der Waals surface area contributed by atoms with E-state index in [9.17, 15) is 10.0 Å². The molecule has 104 valence electrons. The number of aryl methyl sites for hydroxylation is 1. The molecule has 1 heterocycles. The van der Waals surface area contributed by atoms with Crippen molar-refractivity contribution in [1.82, 2.24) is 0 Å². The van der Waals surface area contributed by atoms with Crippen LogP contribution in [-0.2, 0) is 6.42 Å². The third-order valence-electron chi connectivity index (χ3n) is 3.59. The van der Waals surface area contributed by atoms with Gasteiger partial charge in [-0.2, -0.15) is 4.73 Å². The summed E-state index contributed by atoms with van der Waals surface area (Å²) in [6.07, 6.45) is 2.46. The van der Waals surface area contributed by atoms with E-state index < -0.39 is 0 Å². The van der Waals surface area contributed by atoms with Gasteiger partial charge in [0.05, 0.1) is 0 Å². The van der Waals surface area contributed by atoms with Gasteiger partial charge in [0.15, 0.2) is 12.0 Å². The number of pyridine rings is 1. The van der Waals surface area contributed by atoms with Crippen LogP contribution in [0.1, 0.15) is 22.3 Å². The molecule has 0 fully saturated rings. The number of rotatable bonds is 4. The lowest BCUT2D eigenvalue weighted by Crippen LogP contribution is -2.27. The maximum Gasteiger partial charge on any atom is 0.226 e. The number of carbonyl (C=O) groups is 1. The first-order valence-corrected chi connectivity index (χ1v) is 6.94. The highest BCUT2D eigenvalue weighted by Crippen LogP contribution is 2.17. The van der Waals surface area contributed by atoms with Gasteiger partial charge in [-0.3, -0.25) is 4.79 Å². The van der Waals surface area contributed by atoms with E-state index in [2.05, 4.69) is 0 Å². The SMILES string of the molecule is O=C(CCc1cccc2ccc[n+]([O-])c12)c1ccccc1. The Morgan fingerprint density at radius 3 is 2.52 bits per heavy atom. The number of hydrogen-bond acceptors (Lipinski definition) is 2. The summed E-state index contributed by atoms with van der Waals surface area (Å²) in [6, 6.07) is 18.6. The molecule has 21 heavy (non-hydrogen) atoms. The van der Waals surface area contributed by atoms with E-state index in [1.165, 1.54) is 6.20 Å². The van der Waals surface area contributed by atoms with Gasteiger partial charge in [-0.25, -0.2) is 0 Å². The molecule has 0 radical (unpaired) electrons. The number of fused-ring (bicyclic) bond motifs is 1. The topological polar surface area (TPSA) is 44.0 Å². The molecular formula is C18H15NO2. The minimum absolute atomic E-state index is 0.0981. The maximum atomic E-state index is 12.2. The Morgan fingerprint density at radius 1 is 0.952 bits per heavy atom. The number of ketones is 1. The van der Waals surface area contributed by atoms with Gasteiger partial charge in [-0.15, -0.1) is 0 Å². The first-order chi connectivity index (χ1) is 10.3. The van der Waals surface area contributed by atoms with E-state index in [1.807, 2.05) is 54.6 Å². The van der Waals surface area contributed by atoms with Crippen LogP contribution in [0.5, 0.6) is 0 Å². The number of para-hydroxylation sites is 1. The fourth-order valence-electron chi connectivity index (χ4n) is 2.53. The van der Waals surface area contributed by atoms with E-state index >= 15 is 0 Å². The van der Waals surface area contributed by atoms with E-state index in [-0.39, 0.29) is 5.78 Å². The van der Waals surface area contributed by atoms with Crippen LogP contribution in [-0.4, -0.2) is 5.78 Å². The summed E-state index contributed by atoms with van der Waals surface area (Å²) in [6.45, 7) is 0. The lowest BCUT2D eigenvalue weighted by molar-refractivity contribution is -0.577. The average molecular weight is 277 g/mol. The summed E-state index contributed by atoms with van der Waals surface area (Å²) < 4.78 is 0.873. The molecule has 0 saturated heterocycles. The van der Waals surface area contributed by atoms with E-state index in [0.717, 1.165) is 15.7 Å². The molecule has 0 N–H and O–H groups in total. The van der Waals surface area contributed by atoms with Crippen molar-refractivity contribution >= 4 is 16.7 Å². The average Bonchev–Trinajstić information content (AvgIpc) is 2.53. The van der Waals surface area contributed by atoms with Gasteiger partial charge in [0.2, 0.25) is 5.52 Å². The van der Waals surface area contributed by atoms with Crippen LogP contribution in [0.3, 0.4) is 0 Å². The van der Waals surface area contributed by atoms with Crippen molar-refractivity contribution in [1.29, 1.82) is 0 Å². The fraction of sp³-hybridized carbons (Fsp3) is 0.111. The third-order valence-corrected chi connectivity index (χ3v) is 3.59. The summed E-state index contributed by atoms with van der Waals surface area (Å²) in [7, 11) is 0. The highest BCUT2D eigenvalue weighted by Gasteiger charge is 2.12. The van der Waals surface area contributed by atoms with Crippen LogP contribution in [0.2, 0.25) is 0 Å². The minimum atomic E-state index is 0.0981. The van der Waals surface area contributed by atoms with Crippen LogP contribution in [0.15, 0.2) is 66.9 Å². The third kappa shape index (κ3) is 2.77. The molecule has 0 atom stereocenters. The molecule has 3 nitrogen and oxygen atoms in total. The van der Waals surface area contributed by atoms with Crippen molar-refractivity contribution in [2.75, 3.05) is 0 Å². The van der Waals surface area contributed by atoms with Gasteiger partial charge in [0, 0.05) is 29.0 Å². The number of hydrogen-bond donors (Lipinski definition) is 0. The second-order valence-corrected chi connectivity index (χ2v) is 4.98. The number of benzene rings is 2. The molecule has 0 aliphatic carbocycles. The fourth-order valence-corrected chi connectivity index (χ4v) is 2.53. The number of nitrogens with zero attached hydrogens (tertiary/aromatic N) is 1. The van der Waals surface area contributed by atoms with Gasteiger partial charge in [0.25, 0.3) is 0 Å². The Bertz CT molecular complexity index is 776. The van der Waals surface area contributed by atoms with Gasteiger partial charge in [0.1, 0.15) is 0 Å². The largest absolute Gasteiger partial charge is 0.618 e. The molecule has 1 aromatic heterocycles. The van der Waals surface area contributed by atoms with Gasteiger partial charge < -0.3 is 5.21 Å². The Labute approximate surface area is 123 Å². The molecule has 0 amide bonds. The second-order valence-electron chi connectivity index (χ2n) is 4.98. The molecule has 3 aromatic rings. The Kier molecular flexibility index (Phi) is 3.65. The number of Topliss-reactive ketones (excluding diaryl/α,β-unsaturated/α-hetero) is 1. The van der Waals surface area contributed by atoms with Gasteiger partial charge in [-0.1, -0.05) is 42.5 Å². The van der Waals surface area contributed by atoms with Gasteiger partial charge in [-0.05, 0) is 18.6 Å². The Hall–Kier alpha value is -2.68. The normalized spacial score (nSPS) is 10.7. The summed E-state index contributed by atoms with van der Waals surface area (Å²) in [5, 5.41) is 12.8. The van der Waals surface area contributed by atoms with Crippen molar-refractivity contribution in [2.24, 2.45) is 0 Å². The zero-order chi connectivity index (χ0) is 14.7. The van der Waals surface area contributed by atoms with Crippen molar-refractivity contribution in [3.63, 3.8) is 0 Å². The Balaban J connectivity index is 1.85. The minimum Gasteiger partial charge on any atom is -0.618 e. The molecule has 0 saturated carbocycles. The van der Waals surface area contributed by atoms with E-state index in [1.54, 1.807) is 6.07 Å². The van der Waals surface area contributed by atoms with Crippen LogP contribution in [0, 0.1) is 5.21 Å². The molecule has 0 unspecified atom stereocenters. The number of aromatic nitrogens is 1. The van der Waals surface area contributed by atoms with Crippen molar-refractivity contribution < 1.29 is 9.52 Å². The molecule has 0 aliphatic rings. The summed E-state index contributed by atoms with van der Waals surface area (Å²) in [5.74, 6) is 0.0981. The molecule has 0 spiro atoms. The van der Waals surface area contributed by atoms with Crippen molar-refractivity contribution in [2.45, 2.75) is 12.8 Å². The molecule has 3 heteroatoms. The standard InChI is InChI=1S/C18H15NO2/c20-17(14-6-2-1-3-7-14)12-11-16-9-4-8-15-10-5-13-19(21)18(15)16/h1-10,13H,11-12H2. The van der Waals surface area contributed by atoms with E-state index in [4.69, 9.17) is 0 Å². The first kappa shape index (κ1) is 13.3. The highest BCUT2D eigenvalue weighted by molar-refractivity contribution is 5.96. The zero-order valence-corrected chi connectivity index (χ0v) is 11.5. The van der Waals surface area contributed by atoms with Crippen LogP contribution >= 0.6 is 0 Å². The first-order valence-electron chi connectivity index (χ1n) is 6.94. The maximum absolute atomic E-state index is 12.2. The van der Waals surface area contributed by atoms with Crippen LogP contribution in [0.25, 0.3) is 10.9 Å². The van der Waals surface area contributed by atoms with Crippen LogP contribution in [0.4, 0.5) is 0 Å². The molecular weight excluding hydrogens is 262 g/mol. The lowest BCUT2D eigenvalue weighted by atomic mass is 10.0. The smallest absolute Gasteiger partial charge is 0.226 e.